The van der Waals surface area contributed by atoms with E-state index in [1.807, 2.05) is 18.2 Å². The number of nitrogens with one attached hydrogen (secondary N) is 1. The Labute approximate surface area is 171 Å². The average Bonchev–Trinajstić information content (AvgIpc) is 2.77. The van der Waals surface area contributed by atoms with Crippen molar-refractivity contribution in [2.75, 3.05) is 24.5 Å². The first kappa shape index (κ1) is 19.0. The number of benzene rings is 2. The zero-order valence-corrected chi connectivity index (χ0v) is 16.3. The maximum Gasteiger partial charge on any atom is 0.251 e. The quantitative estimate of drug-likeness (QED) is 0.627. The highest BCUT2D eigenvalue weighted by atomic mass is 16.3. The number of carbonyl (C=O) groups is 1. The number of aromatic nitrogens is 1. The molecule has 1 amide bonds. The first-order valence-corrected chi connectivity index (χ1v) is 10.1. The summed E-state index contributed by atoms with van der Waals surface area (Å²) in [6.07, 6.45) is 4.64. The Morgan fingerprint density at radius 1 is 1.10 bits per heavy atom. The summed E-state index contributed by atoms with van der Waals surface area (Å²) in [4.78, 5) is 19.2. The molecular formula is C24H25N3O2. The van der Waals surface area contributed by atoms with Crippen LogP contribution in [0, 0.1) is 0 Å². The molecule has 2 heterocycles. The van der Waals surface area contributed by atoms with Gasteiger partial charge < -0.3 is 15.3 Å². The molecule has 2 N–H and O–H groups in total. The number of para-hydroxylation sites is 1. The number of aryl methyl sites for hydroxylation is 1. The number of anilines is 1. The zero-order chi connectivity index (χ0) is 20.1. The van der Waals surface area contributed by atoms with Gasteiger partial charge in [-0.3, -0.25) is 9.78 Å². The number of hydrogen-bond donors (Lipinski definition) is 2. The smallest absolute Gasteiger partial charge is 0.251 e. The van der Waals surface area contributed by atoms with E-state index in [9.17, 15) is 9.90 Å². The largest absolute Gasteiger partial charge is 0.506 e. The van der Waals surface area contributed by atoms with Crippen molar-refractivity contribution in [3.05, 3.63) is 78.0 Å². The molecule has 4 rings (SSSR count). The maximum atomic E-state index is 12.5. The molecule has 0 saturated carbocycles. The third-order valence-electron chi connectivity index (χ3n) is 5.27. The van der Waals surface area contributed by atoms with Gasteiger partial charge in [0.05, 0.1) is 11.9 Å². The molecule has 3 aromatic rings. The predicted molar refractivity (Wildman–Crippen MR) is 115 cm³/mol. The number of fused-ring (bicyclic) bond motifs is 1. The summed E-state index contributed by atoms with van der Waals surface area (Å²) in [5.41, 5.74) is 4.94. The Balaban J connectivity index is 1.32. The van der Waals surface area contributed by atoms with Crippen molar-refractivity contribution in [3.63, 3.8) is 0 Å². The molecule has 0 fully saturated rings. The number of nitrogens with zero attached hydrogens (tertiary/aromatic N) is 2. The Kier molecular flexibility index (Phi) is 5.75. The molecule has 5 heteroatoms. The number of amides is 1. The first-order valence-electron chi connectivity index (χ1n) is 10.1. The average molecular weight is 387 g/mol. The first-order chi connectivity index (χ1) is 14.2. The third-order valence-corrected chi connectivity index (χ3v) is 5.27. The minimum atomic E-state index is -0.0790. The van der Waals surface area contributed by atoms with Crippen molar-refractivity contribution < 1.29 is 9.90 Å². The molecule has 0 saturated heterocycles. The van der Waals surface area contributed by atoms with Crippen LogP contribution in [0.15, 0.2) is 66.9 Å². The summed E-state index contributed by atoms with van der Waals surface area (Å²) in [6, 6.07) is 19.3. The Bertz CT molecular complexity index is 985. The molecule has 1 aliphatic heterocycles. The molecule has 0 unspecified atom stereocenters. The van der Waals surface area contributed by atoms with Crippen LogP contribution in [0.25, 0.3) is 11.3 Å². The van der Waals surface area contributed by atoms with E-state index in [1.165, 1.54) is 23.9 Å². The van der Waals surface area contributed by atoms with E-state index in [0.29, 0.717) is 12.1 Å². The van der Waals surface area contributed by atoms with E-state index >= 15 is 0 Å². The van der Waals surface area contributed by atoms with Crippen molar-refractivity contribution in [1.29, 1.82) is 0 Å². The summed E-state index contributed by atoms with van der Waals surface area (Å²) in [6.45, 7) is 2.65. The van der Waals surface area contributed by atoms with E-state index in [0.717, 1.165) is 37.2 Å². The van der Waals surface area contributed by atoms with Gasteiger partial charge in [0, 0.05) is 36.4 Å². The van der Waals surface area contributed by atoms with Crippen LogP contribution in [0.2, 0.25) is 0 Å². The molecule has 148 valence electrons. The maximum absolute atomic E-state index is 12.5. The molecule has 1 aliphatic rings. The van der Waals surface area contributed by atoms with Crippen molar-refractivity contribution in [3.8, 4) is 17.0 Å². The van der Waals surface area contributed by atoms with Crippen molar-refractivity contribution in [1.82, 2.24) is 10.3 Å². The highest BCUT2D eigenvalue weighted by Crippen LogP contribution is 2.26. The molecule has 0 aliphatic carbocycles. The zero-order valence-electron chi connectivity index (χ0n) is 16.3. The number of carbonyl (C=O) groups excluding carboxylic acids is 1. The van der Waals surface area contributed by atoms with Gasteiger partial charge in [0.2, 0.25) is 0 Å². The van der Waals surface area contributed by atoms with Crippen LogP contribution in [0.4, 0.5) is 5.69 Å². The minimum absolute atomic E-state index is 0.0790. The van der Waals surface area contributed by atoms with Gasteiger partial charge in [-0.25, -0.2) is 0 Å². The van der Waals surface area contributed by atoms with Gasteiger partial charge in [-0.1, -0.05) is 30.3 Å². The number of rotatable bonds is 6. The van der Waals surface area contributed by atoms with E-state index in [2.05, 4.69) is 39.5 Å². The summed E-state index contributed by atoms with van der Waals surface area (Å²) >= 11 is 0. The lowest BCUT2D eigenvalue weighted by Gasteiger charge is -2.31. The lowest BCUT2D eigenvalue weighted by Crippen LogP contribution is -2.33. The Hall–Kier alpha value is -3.34. The van der Waals surface area contributed by atoms with Crippen molar-refractivity contribution in [2.45, 2.75) is 19.3 Å². The molecular weight excluding hydrogens is 362 g/mol. The van der Waals surface area contributed by atoms with Gasteiger partial charge in [-0.2, -0.15) is 0 Å². The lowest BCUT2D eigenvalue weighted by atomic mass is 10.0. The number of aromatic hydroxyl groups is 1. The van der Waals surface area contributed by atoms with Gasteiger partial charge in [0.15, 0.2) is 0 Å². The van der Waals surface area contributed by atoms with Crippen LogP contribution < -0.4 is 10.2 Å². The van der Waals surface area contributed by atoms with Crippen molar-refractivity contribution >= 4 is 11.6 Å². The molecule has 29 heavy (non-hydrogen) atoms. The van der Waals surface area contributed by atoms with Crippen LogP contribution in [-0.2, 0) is 6.42 Å². The van der Waals surface area contributed by atoms with E-state index < -0.39 is 0 Å². The van der Waals surface area contributed by atoms with E-state index in [-0.39, 0.29) is 11.7 Å². The van der Waals surface area contributed by atoms with Crippen LogP contribution in [0.5, 0.6) is 5.75 Å². The molecule has 5 nitrogen and oxygen atoms in total. The summed E-state index contributed by atoms with van der Waals surface area (Å²) in [5.74, 6) is 0.0450. The van der Waals surface area contributed by atoms with Crippen molar-refractivity contribution in [2.24, 2.45) is 0 Å². The van der Waals surface area contributed by atoms with Gasteiger partial charge in [-0.15, -0.1) is 0 Å². The lowest BCUT2D eigenvalue weighted by molar-refractivity contribution is 0.0953. The fourth-order valence-corrected chi connectivity index (χ4v) is 3.79. The van der Waals surface area contributed by atoms with E-state index in [4.69, 9.17) is 0 Å². The van der Waals surface area contributed by atoms with E-state index in [1.54, 1.807) is 18.2 Å². The topological polar surface area (TPSA) is 65.5 Å². The summed E-state index contributed by atoms with van der Waals surface area (Å²) in [7, 11) is 0. The monoisotopic (exact) mass is 387 g/mol. The SMILES string of the molecule is O=C(NCCCN1CCCc2ccccc21)c1cccc(-c2ccc(O)cn2)c1. The third kappa shape index (κ3) is 4.57. The fourth-order valence-electron chi connectivity index (χ4n) is 3.79. The second-order valence-corrected chi connectivity index (χ2v) is 7.31. The second kappa shape index (κ2) is 8.78. The number of pyridine rings is 1. The van der Waals surface area contributed by atoms with Gasteiger partial charge >= 0.3 is 0 Å². The molecule has 0 atom stereocenters. The molecule has 0 radical (unpaired) electrons. The normalized spacial score (nSPS) is 13.0. The summed E-state index contributed by atoms with van der Waals surface area (Å²) < 4.78 is 0. The Morgan fingerprint density at radius 2 is 2.00 bits per heavy atom. The van der Waals surface area contributed by atoms with Crippen LogP contribution in [-0.4, -0.2) is 35.6 Å². The Morgan fingerprint density at radius 3 is 2.86 bits per heavy atom. The standard InChI is InChI=1S/C24H25N3O2/c28-21-11-12-22(26-17-21)19-7-3-8-20(16-19)24(29)25-13-5-15-27-14-4-9-18-6-1-2-10-23(18)27/h1-3,6-8,10-12,16-17,28H,4-5,9,13-15H2,(H,25,29). The molecule has 0 bridgehead atoms. The molecule has 1 aromatic heterocycles. The van der Waals surface area contributed by atoms with Crippen LogP contribution in [0.3, 0.4) is 0 Å². The van der Waals surface area contributed by atoms with Crippen LogP contribution >= 0.6 is 0 Å². The minimum Gasteiger partial charge on any atom is -0.506 e. The fraction of sp³-hybridized carbons (Fsp3) is 0.250. The molecule has 0 spiro atoms. The second-order valence-electron chi connectivity index (χ2n) is 7.31. The highest BCUT2D eigenvalue weighted by molar-refractivity contribution is 5.95. The van der Waals surface area contributed by atoms with Crippen LogP contribution in [0.1, 0.15) is 28.8 Å². The predicted octanol–water partition coefficient (Wildman–Crippen LogP) is 4.03. The summed E-state index contributed by atoms with van der Waals surface area (Å²) in [5, 5.41) is 12.4. The molecule has 2 aromatic carbocycles. The number of hydrogen-bond acceptors (Lipinski definition) is 4. The highest BCUT2D eigenvalue weighted by Gasteiger charge is 2.15. The van der Waals surface area contributed by atoms with Gasteiger partial charge in [-0.05, 0) is 55.2 Å². The van der Waals surface area contributed by atoms with Gasteiger partial charge in [0.25, 0.3) is 5.91 Å². The van der Waals surface area contributed by atoms with Gasteiger partial charge in [0.1, 0.15) is 5.75 Å².